The van der Waals surface area contributed by atoms with Crippen LogP contribution in [0.1, 0.15) is 22.5 Å². The molecule has 1 heterocycles. The van der Waals surface area contributed by atoms with Crippen LogP contribution in [0.3, 0.4) is 0 Å². The SMILES string of the molecule is Cc1cc(C)c(OCc2nc3ccccc3n2Cc2ccccc2F)c(Br)c1. The van der Waals surface area contributed by atoms with Gasteiger partial charge >= 0.3 is 0 Å². The molecule has 0 spiro atoms. The molecule has 3 aromatic carbocycles. The first kappa shape index (κ1) is 18.7. The van der Waals surface area contributed by atoms with Crippen LogP contribution >= 0.6 is 15.9 Å². The summed E-state index contributed by atoms with van der Waals surface area (Å²) in [6.07, 6.45) is 0. The predicted molar refractivity (Wildman–Crippen MR) is 113 cm³/mol. The third-order valence-corrected chi connectivity index (χ3v) is 5.33. The van der Waals surface area contributed by atoms with Gasteiger partial charge in [0, 0.05) is 5.56 Å². The highest BCUT2D eigenvalue weighted by atomic mass is 79.9. The lowest BCUT2D eigenvalue weighted by molar-refractivity contribution is 0.287. The number of halogens is 2. The Labute approximate surface area is 171 Å². The second-order valence-electron chi connectivity index (χ2n) is 6.88. The first-order valence-electron chi connectivity index (χ1n) is 9.10. The van der Waals surface area contributed by atoms with E-state index >= 15 is 0 Å². The van der Waals surface area contributed by atoms with Crippen LogP contribution in [0, 0.1) is 19.7 Å². The van der Waals surface area contributed by atoms with Crippen LogP contribution in [0.4, 0.5) is 4.39 Å². The highest BCUT2D eigenvalue weighted by Crippen LogP contribution is 2.31. The molecular weight excluding hydrogens is 419 g/mol. The molecule has 0 aliphatic carbocycles. The van der Waals surface area contributed by atoms with E-state index in [1.54, 1.807) is 12.1 Å². The van der Waals surface area contributed by atoms with Gasteiger partial charge in [-0.3, -0.25) is 0 Å². The molecule has 4 aromatic rings. The Kier molecular flexibility index (Phi) is 5.18. The summed E-state index contributed by atoms with van der Waals surface area (Å²) in [6.45, 7) is 4.77. The Balaban J connectivity index is 1.70. The number of hydrogen-bond donors (Lipinski definition) is 0. The first-order valence-corrected chi connectivity index (χ1v) is 9.89. The number of aromatic nitrogens is 2. The van der Waals surface area contributed by atoms with E-state index in [9.17, 15) is 4.39 Å². The highest BCUT2D eigenvalue weighted by Gasteiger charge is 2.15. The van der Waals surface area contributed by atoms with Gasteiger partial charge < -0.3 is 9.30 Å². The van der Waals surface area contributed by atoms with Crippen LogP contribution in [0.2, 0.25) is 0 Å². The van der Waals surface area contributed by atoms with Crippen molar-refractivity contribution in [3.63, 3.8) is 0 Å². The average Bonchev–Trinajstić information content (AvgIpc) is 3.00. The zero-order chi connectivity index (χ0) is 19.7. The lowest BCUT2D eigenvalue weighted by Crippen LogP contribution is -2.10. The van der Waals surface area contributed by atoms with E-state index < -0.39 is 0 Å². The smallest absolute Gasteiger partial charge is 0.148 e. The summed E-state index contributed by atoms with van der Waals surface area (Å²) in [4.78, 5) is 4.73. The monoisotopic (exact) mass is 438 g/mol. The summed E-state index contributed by atoms with van der Waals surface area (Å²) < 4.78 is 23.3. The van der Waals surface area contributed by atoms with Gasteiger partial charge in [-0.2, -0.15) is 0 Å². The number of ether oxygens (including phenoxy) is 1. The molecule has 0 unspecified atom stereocenters. The van der Waals surface area contributed by atoms with Gasteiger partial charge in [0.2, 0.25) is 0 Å². The van der Waals surface area contributed by atoms with E-state index in [0.29, 0.717) is 18.7 Å². The summed E-state index contributed by atoms with van der Waals surface area (Å²) in [7, 11) is 0. The van der Waals surface area contributed by atoms with Crippen molar-refractivity contribution in [2.75, 3.05) is 0 Å². The van der Waals surface area contributed by atoms with Crippen molar-refractivity contribution < 1.29 is 9.13 Å². The molecule has 0 bridgehead atoms. The minimum absolute atomic E-state index is 0.218. The first-order chi connectivity index (χ1) is 13.5. The second-order valence-corrected chi connectivity index (χ2v) is 7.73. The number of nitrogens with zero attached hydrogens (tertiary/aromatic N) is 2. The van der Waals surface area contributed by atoms with Crippen molar-refractivity contribution in [3.05, 3.63) is 93.5 Å². The number of fused-ring (bicyclic) bond motifs is 1. The van der Waals surface area contributed by atoms with E-state index in [1.165, 1.54) is 11.6 Å². The van der Waals surface area contributed by atoms with Gasteiger partial charge in [-0.05, 0) is 65.2 Å². The molecule has 28 heavy (non-hydrogen) atoms. The Bertz CT molecular complexity index is 1130. The summed E-state index contributed by atoms with van der Waals surface area (Å²) in [5.41, 5.74) is 4.69. The van der Waals surface area contributed by atoms with Crippen LogP contribution in [0.5, 0.6) is 5.75 Å². The minimum Gasteiger partial charge on any atom is -0.484 e. The van der Waals surface area contributed by atoms with Gasteiger partial charge in [0.1, 0.15) is 24.0 Å². The Morgan fingerprint density at radius 3 is 2.57 bits per heavy atom. The Morgan fingerprint density at radius 2 is 1.79 bits per heavy atom. The van der Waals surface area contributed by atoms with Gasteiger partial charge in [-0.15, -0.1) is 0 Å². The average molecular weight is 439 g/mol. The van der Waals surface area contributed by atoms with E-state index in [0.717, 1.165) is 32.6 Å². The van der Waals surface area contributed by atoms with Crippen LogP contribution < -0.4 is 4.74 Å². The molecule has 4 rings (SSSR count). The fourth-order valence-corrected chi connectivity index (χ4v) is 4.22. The van der Waals surface area contributed by atoms with E-state index in [4.69, 9.17) is 9.72 Å². The van der Waals surface area contributed by atoms with Crippen LogP contribution in [0.15, 0.2) is 65.1 Å². The molecule has 0 amide bonds. The molecule has 142 valence electrons. The third-order valence-electron chi connectivity index (χ3n) is 4.74. The molecule has 0 saturated carbocycles. The fourth-order valence-electron chi connectivity index (χ4n) is 3.43. The van der Waals surface area contributed by atoms with Crippen LogP contribution in [-0.2, 0) is 13.2 Å². The molecule has 0 fully saturated rings. The molecule has 0 aliphatic rings. The Morgan fingerprint density at radius 1 is 1.04 bits per heavy atom. The number of para-hydroxylation sites is 2. The van der Waals surface area contributed by atoms with E-state index in [-0.39, 0.29) is 5.82 Å². The van der Waals surface area contributed by atoms with Gasteiger partial charge in [0.15, 0.2) is 0 Å². The van der Waals surface area contributed by atoms with Gasteiger partial charge in [0.05, 0.1) is 22.1 Å². The highest BCUT2D eigenvalue weighted by molar-refractivity contribution is 9.10. The summed E-state index contributed by atoms with van der Waals surface area (Å²) in [5, 5.41) is 0. The molecule has 0 aliphatic heterocycles. The zero-order valence-corrected chi connectivity index (χ0v) is 17.3. The normalized spacial score (nSPS) is 11.1. The van der Waals surface area contributed by atoms with Crippen molar-refractivity contribution >= 4 is 27.0 Å². The van der Waals surface area contributed by atoms with Crippen molar-refractivity contribution in [3.8, 4) is 5.75 Å². The summed E-state index contributed by atoms with van der Waals surface area (Å²) >= 11 is 3.59. The topological polar surface area (TPSA) is 27.1 Å². The molecule has 1 aromatic heterocycles. The lowest BCUT2D eigenvalue weighted by Gasteiger charge is -2.14. The lowest BCUT2D eigenvalue weighted by atomic mass is 10.1. The van der Waals surface area contributed by atoms with Gasteiger partial charge in [-0.25, -0.2) is 9.37 Å². The number of benzene rings is 3. The Hall–Kier alpha value is -2.66. The largest absolute Gasteiger partial charge is 0.484 e. The van der Waals surface area contributed by atoms with Gasteiger partial charge in [-0.1, -0.05) is 36.4 Å². The molecule has 0 radical (unpaired) electrons. The number of rotatable bonds is 5. The maximum Gasteiger partial charge on any atom is 0.148 e. The molecular formula is C23H20BrFN2O. The maximum absolute atomic E-state index is 14.2. The molecule has 0 saturated heterocycles. The van der Waals surface area contributed by atoms with Crippen LogP contribution in [0.25, 0.3) is 11.0 Å². The molecule has 0 atom stereocenters. The molecule has 5 heteroatoms. The summed E-state index contributed by atoms with van der Waals surface area (Å²) in [6, 6.07) is 18.8. The van der Waals surface area contributed by atoms with Crippen molar-refractivity contribution in [1.82, 2.24) is 9.55 Å². The van der Waals surface area contributed by atoms with Crippen molar-refractivity contribution in [1.29, 1.82) is 0 Å². The molecule has 0 N–H and O–H groups in total. The number of imidazole rings is 1. The van der Waals surface area contributed by atoms with E-state index in [1.807, 2.05) is 47.9 Å². The minimum atomic E-state index is -0.218. The zero-order valence-electron chi connectivity index (χ0n) is 15.7. The number of hydrogen-bond acceptors (Lipinski definition) is 2. The standard InChI is InChI=1S/C23H20BrFN2O/c1-15-11-16(2)23(18(24)12-15)28-14-22-26-20-9-5-6-10-21(20)27(22)13-17-7-3-4-8-19(17)25/h3-12H,13-14H2,1-2H3. The number of aryl methyl sites for hydroxylation is 2. The maximum atomic E-state index is 14.2. The van der Waals surface area contributed by atoms with Crippen molar-refractivity contribution in [2.45, 2.75) is 27.0 Å². The molecule has 3 nitrogen and oxygen atoms in total. The quantitative estimate of drug-likeness (QED) is 0.371. The fraction of sp³-hybridized carbons (Fsp3) is 0.174. The van der Waals surface area contributed by atoms with E-state index in [2.05, 4.69) is 28.9 Å². The van der Waals surface area contributed by atoms with Crippen LogP contribution in [-0.4, -0.2) is 9.55 Å². The second kappa shape index (κ2) is 7.76. The summed E-state index contributed by atoms with van der Waals surface area (Å²) in [5.74, 6) is 1.34. The van der Waals surface area contributed by atoms with Crippen molar-refractivity contribution in [2.24, 2.45) is 0 Å². The predicted octanol–water partition coefficient (Wildman–Crippen LogP) is 6.18. The third kappa shape index (κ3) is 3.67. The van der Waals surface area contributed by atoms with Gasteiger partial charge in [0.25, 0.3) is 0 Å².